The molecule has 0 bridgehead atoms. The molecule has 0 fully saturated rings. The predicted octanol–water partition coefficient (Wildman–Crippen LogP) is 1.95. The Morgan fingerprint density at radius 1 is 1.41 bits per heavy atom. The normalized spacial score (nSPS) is 10.2. The molecule has 88 valence electrons. The summed E-state index contributed by atoms with van der Waals surface area (Å²) in [5.74, 6) is 0.687. The summed E-state index contributed by atoms with van der Waals surface area (Å²) in [5, 5.41) is 4.59. The van der Waals surface area contributed by atoms with Crippen molar-refractivity contribution < 1.29 is 4.74 Å². The highest BCUT2D eigenvalue weighted by molar-refractivity contribution is 6.30. The van der Waals surface area contributed by atoms with Crippen LogP contribution < -0.4 is 10.3 Å². The molecular weight excluding hydrogens is 240 g/mol. The number of halogens is 1. The Balaban J connectivity index is 2.39. The molecule has 0 N–H and O–H groups in total. The third kappa shape index (κ3) is 2.65. The maximum atomic E-state index is 11.5. The Labute approximate surface area is 103 Å². The number of ether oxygens (including phenoxy) is 1. The van der Waals surface area contributed by atoms with Gasteiger partial charge in [-0.2, -0.15) is 5.10 Å². The molecule has 17 heavy (non-hydrogen) atoms. The summed E-state index contributed by atoms with van der Waals surface area (Å²) >= 11 is 5.92. The second-order valence-electron chi connectivity index (χ2n) is 3.48. The lowest BCUT2D eigenvalue weighted by Gasteiger charge is -2.09. The smallest absolute Gasteiger partial charge is 0.267 e. The first-order valence-electron chi connectivity index (χ1n) is 5.05. The summed E-state index contributed by atoms with van der Waals surface area (Å²) in [5.41, 5.74) is 0.662. The van der Waals surface area contributed by atoms with Gasteiger partial charge in [0.2, 0.25) is 0 Å². The van der Waals surface area contributed by atoms with Gasteiger partial charge in [-0.3, -0.25) is 4.79 Å². The van der Waals surface area contributed by atoms with E-state index in [1.54, 1.807) is 37.6 Å². The van der Waals surface area contributed by atoms with Crippen molar-refractivity contribution in [3.63, 3.8) is 0 Å². The van der Waals surface area contributed by atoms with Gasteiger partial charge >= 0.3 is 0 Å². The van der Waals surface area contributed by atoms with Crippen LogP contribution in [-0.2, 0) is 6.54 Å². The highest BCUT2D eigenvalue weighted by atomic mass is 35.5. The Morgan fingerprint density at radius 2 is 2.24 bits per heavy atom. The molecule has 1 aromatic carbocycles. The number of benzene rings is 1. The first kappa shape index (κ1) is 11.7. The summed E-state index contributed by atoms with van der Waals surface area (Å²) in [6, 6.07) is 8.34. The van der Waals surface area contributed by atoms with Crippen molar-refractivity contribution in [3.8, 4) is 5.75 Å². The lowest BCUT2D eigenvalue weighted by molar-refractivity contribution is 0.406. The topological polar surface area (TPSA) is 44.1 Å². The van der Waals surface area contributed by atoms with Crippen LogP contribution in [0, 0.1) is 0 Å². The molecule has 0 unspecified atom stereocenters. The van der Waals surface area contributed by atoms with Crippen LogP contribution in [-0.4, -0.2) is 16.9 Å². The summed E-state index contributed by atoms with van der Waals surface area (Å²) < 4.78 is 6.57. The number of methoxy groups -OCH3 is 1. The maximum Gasteiger partial charge on any atom is 0.267 e. The van der Waals surface area contributed by atoms with Crippen molar-refractivity contribution in [2.24, 2.45) is 0 Å². The zero-order chi connectivity index (χ0) is 12.3. The van der Waals surface area contributed by atoms with Crippen LogP contribution >= 0.6 is 11.6 Å². The molecule has 0 saturated heterocycles. The minimum Gasteiger partial charge on any atom is -0.496 e. The van der Waals surface area contributed by atoms with Gasteiger partial charge in [-0.15, -0.1) is 0 Å². The van der Waals surface area contributed by atoms with E-state index in [0.29, 0.717) is 17.3 Å². The van der Waals surface area contributed by atoms with E-state index in [1.165, 1.54) is 10.7 Å². The Bertz CT molecular complexity index is 581. The molecule has 2 aromatic rings. The van der Waals surface area contributed by atoms with Gasteiger partial charge in [0.25, 0.3) is 5.56 Å². The van der Waals surface area contributed by atoms with Gasteiger partial charge in [0.15, 0.2) is 0 Å². The minimum atomic E-state index is -0.158. The fourth-order valence-electron chi connectivity index (χ4n) is 1.54. The van der Waals surface area contributed by atoms with Gasteiger partial charge < -0.3 is 4.74 Å². The fourth-order valence-corrected chi connectivity index (χ4v) is 1.73. The van der Waals surface area contributed by atoms with E-state index in [-0.39, 0.29) is 5.56 Å². The van der Waals surface area contributed by atoms with Gasteiger partial charge in [-0.05, 0) is 24.3 Å². The van der Waals surface area contributed by atoms with Crippen LogP contribution in [0.3, 0.4) is 0 Å². The molecule has 0 aliphatic carbocycles. The monoisotopic (exact) mass is 250 g/mol. The van der Waals surface area contributed by atoms with Crippen molar-refractivity contribution in [3.05, 3.63) is 57.5 Å². The summed E-state index contributed by atoms with van der Waals surface area (Å²) in [4.78, 5) is 11.5. The zero-order valence-corrected chi connectivity index (χ0v) is 10.0. The highest BCUT2D eigenvalue weighted by Gasteiger charge is 2.06. The van der Waals surface area contributed by atoms with E-state index in [2.05, 4.69) is 5.10 Å². The molecule has 1 aromatic heterocycles. The van der Waals surface area contributed by atoms with Crippen LogP contribution in [0.1, 0.15) is 5.56 Å². The second kappa shape index (κ2) is 5.01. The molecule has 0 aliphatic rings. The summed E-state index contributed by atoms with van der Waals surface area (Å²) in [6.07, 6.45) is 1.57. The lowest BCUT2D eigenvalue weighted by Crippen LogP contribution is -2.21. The Hall–Kier alpha value is -1.81. The molecule has 0 radical (unpaired) electrons. The van der Waals surface area contributed by atoms with Crippen molar-refractivity contribution >= 4 is 11.6 Å². The van der Waals surface area contributed by atoms with E-state index in [9.17, 15) is 4.79 Å². The molecule has 0 aliphatic heterocycles. The largest absolute Gasteiger partial charge is 0.496 e. The summed E-state index contributed by atoms with van der Waals surface area (Å²) in [7, 11) is 1.58. The van der Waals surface area contributed by atoms with E-state index in [1.807, 2.05) is 0 Å². The maximum absolute atomic E-state index is 11.5. The zero-order valence-electron chi connectivity index (χ0n) is 9.26. The molecule has 0 amide bonds. The third-order valence-corrected chi connectivity index (χ3v) is 2.58. The molecule has 0 spiro atoms. The van der Waals surface area contributed by atoms with E-state index in [0.717, 1.165) is 5.56 Å². The second-order valence-corrected chi connectivity index (χ2v) is 3.91. The van der Waals surface area contributed by atoms with Crippen molar-refractivity contribution in [2.75, 3.05) is 7.11 Å². The first-order valence-corrected chi connectivity index (χ1v) is 5.43. The Morgan fingerprint density at radius 3 is 2.94 bits per heavy atom. The molecule has 5 heteroatoms. The predicted molar refractivity (Wildman–Crippen MR) is 65.6 cm³/mol. The van der Waals surface area contributed by atoms with Gasteiger partial charge in [0.1, 0.15) is 5.75 Å². The fraction of sp³-hybridized carbons (Fsp3) is 0.167. The van der Waals surface area contributed by atoms with Crippen LogP contribution in [0.25, 0.3) is 0 Å². The van der Waals surface area contributed by atoms with Gasteiger partial charge in [0.05, 0.1) is 13.7 Å². The Kier molecular flexibility index (Phi) is 3.44. The number of rotatable bonds is 3. The van der Waals surface area contributed by atoms with E-state index >= 15 is 0 Å². The van der Waals surface area contributed by atoms with Gasteiger partial charge in [0, 0.05) is 22.8 Å². The SMILES string of the molecule is COc1ccc(Cl)cc1Cn1ncccc1=O. The van der Waals surface area contributed by atoms with E-state index in [4.69, 9.17) is 16.3 Å². The third-order valence-electron chi connectivity index (χ3n) is 2.35. The average Bonchev–Trinajstić information content (AvgIpc) is 2.32. The standard InChI is InChI=1S/C12H11ClN2O2/c1-17-11-5-4-10(13)7-9(11)8-15-12(16)3-2-6-14-15/h2-7H,8H2,1H3. The first-order chi connectivity index (χ1) is 8.20. The van der Waals surface area contributed by atoms with Crippen LogP contribution in [0.15, 0.2) is 41.3 Å². The lowest BCUT2D eigenvalue weighted by atomic mass is 10.2. The molecule has 4 nitrogen and oxygen atoms in total. The summed E-state index contributed by atoms with van der Waals surface area (Å²) in [6.45, 7) is 0.337. The number of nitrogens with zero attached hydrogens (tertiary/aromatic N) is 2. The van der Waals surface area contributed by atoms with Crippen molar-refractivity contribution in [2.45, 2.75) is 6.54 Å². The number of hydrogen-bond acceptors (Lipinski definition) is 3. The van der Waals surface area contributed by atoms with Gasteiger partial charge in [-0.25, -0.2) is 4.68 Å². The van der Waals surface area contributed by atoms with Crippen LogP contribution in [0.5, 0.6) is 5.75 Å². The highest BCUT2D eigenvalue weighted by Crippen LogP contribution is 2.22. The van der Waals surface area contributed by atoms with Crippen LogP contribution in [0.2, 0.25) is 5.02 Å². The molecule has 2 rings (SSSR count). The molecule has 0 atom stereocenters. The average molecular weight is 251 g/mol. The number of aromatic nitrogens is 2. The van der Waals surface area contributed by atoms with Crippen molar-refractivity contribution in [1.82, 2.24) is 9.78 Å². The molecule has 1 heterocycles. The molecule has 0 saturated carbocycles. The number of hydrogen-bond donors (Lipinski definition) is 0. The quantitative estimate of drug-likeness (QED) is 0.836. The van der Waals surface area contributed by atoms with Crippen LogP contribution in [0.4, 0.5) is 0 Å². The molecular formula is C12H11ClN2O2. The minimum absolute atomic E-state index is 0.158. The van der Waals surface area contributed by atoms with Crippen molar-refractivity contribution in [1.29, 1.82) is 0 Å². The van der Waals surface area contributed by atoms with Gasteiger partial charge in [-0.1, -0.05) is 11.6 Å². The van der Waals surface area contributed by atoms with E-state index < -0.39 is 0 Å².